The molecule has 2 atom stereocenters. The molecule has 1 rings (SSSR count). The Hall–Kier alpha value is -1.84. The summed E-state index contributed by atoms with van der Waals surface area (Å²) in [5.41, 5.74) is 0.0549. The number of nitriles is 1. The van der Waals surface area contributed by atoms with Crippen LogP contribution in [0.2, 0.25) is 0 Å². The molecule has 0 aliphatic heterocycles. The molecule has 19 heavy (non-hydrogen) atoms. The van der Waals surface area contributed by atoms with E-state index in [1.54, 1.807) is 6.07 Å². The van der Waals surface area contributed by atoms with E-state index in [4.69, 9.17) is 16.9 Å². The van der Waals surface area contributed by atoms with Crippen LogP contribution in [0.1, 0.15) is 0 Å². The van der Waals surface area contributed by atoms with Crippen LogP contribution in [0.25, 0.3) is 0 Å². The zero-order valence-corrected chi connectivity index (χ0v) is 11.1. The molecule has 0 radical (unpaired) electrons. The second kappa shape index (κ2) is 6.36. The summed E-state index contributed by atoms with van der Waals surface area (Å²) in [5, 5.41) is 10.0. The summed E-state index contributed by atoms with van der Waals surface area (Å²) in [6.07, 6.45) is 4.69. The number of methoxy groups -OCH3 is 2. The van der Waals surface area contributed by atoms with Crippen LogP contribution in [0.15, 0.2) is 35.8 Å². The first-order chi connectivity index (χ1) is 8.96. The molecule has 0 fully saturated rings. The van der Waals surface area contributed by atoms with E-state index in [0.29, 0.717) is 0 Å². The van der Waals surface area contributed by atoms with Crippen molar-refractivity contribution in [2.75, 3.05) is 14.2 Å². The molecule has 102 valence electrons. The minimum absolute atomic E-state index is 0.216. The first kappa shape index (κ1) is 15.2. The van der Waals surface area contributed by atoms with E-state index in [1.807, 2.05) is 0 Å². The summed E-state index contributed by atoms with van der Waals surface area (Å²) in [7, 11) is 2.50. The molecule has 1 amide bonds. The fourth-order valence-corrected chi connectivity index (χ4v) is 1.63. The van der Waals surface area contributed by atoms with E-state index in [-0.39, 0.29) is 11.3 Å². The normalized spacial score (nSPS) is 26.4. The Morgan fingerprint density at radius 1 is 1.68 bits per heavy atom. The van der Waals surface area contributed by atoms with Crippen LogP contribution in [-0.4, -0.2) is 31.4 Å². The standard InChI is InChI=1S/C12H12ClFN2O3/c1-18-7-8(6-15)11(17)16-9-3-4-12(14,19-2)10(13)5-9/h3-5,7,10H,1-2H3,(H,16,17). The van der Waals surface area contributed by atoms with Crippen molar-refractivity contribution in [2.24, 2.45) is 0 Å². The van der Waals surface area contributed by atoms with Crippen LogP contribution in [0, 0.1) is 11.3 Å². The number of carbonyl (C=O) groups is 1. The summed E-state index contributed by atoms with van der Waals surface area (Å²) in [5.74, 6) is -2.79. The topological polar surface area (TPSA) is 71.3 Å². The lowest BCUT2D eigenvalue weighted by Crippen LogP contribution is -2.37. The van der Waals surface area contributed by atoms with Gasteiger partial charge in [0.1, 0.15) is 17.7 Å². The van der Waals surface area contributed by atoms with Gasteiger partial charge in [0.15, 0.2) is 5.57 Å². The highest BCUT2D eigenvalue weighted by Crippen LogP contribution is 2.29. The number of carbonyl (C=O) groups excluding carboxylic acids is 1. The number of rotatable bonds is 4. The number of halogens is 2. The van der Waals surface area contributed by atoms with E-state index in [9.17, 15) is 9.18 Å². The Morgan fingerprint density at radius 2 is 2.37 bits per heavy atom. The lowest BCUT2D eigenvalue weighted by Gasteiger charge is -2.26. The Balaban J connectivity index is 2.79. The third-order valence-corrected chi connectivity index (χ3v) is 2.79. The maximum atomic E-state index is 13.9. The van der Waals surface area contributed by atoms with E-state index in [0.717, 1.165) is 12.3 Å². The highest BCUT2D eigenvalue weighted by Gasteiger charge is 2.36. The largest absolute Gasteiger partial charge is 0.503 e. The number of allylic oxidation sites excluding steroid dienone is 1. The fourth-order valence-electron chi connectivity index (χ4n) is 1.33. The second-order valence-electron chi connectivity index (χ2n) is 3.59. The van der Waals surface area contributed by atoms with Gasteiger partial charge in [0.25, 0.3) is 5.91 Å². The van der Waals surface area contributed by atoms with Crippen LogP contribution < -0.4 is 5.32 Å². The predicted molar refractivity (Wildman–Crippen MR) is 66.6 cm³/mol. The summed E-state index contributed by atoms with van der Waals surface area (Å²) in [6, 6.07) is 1.67. The second-order valence-corrected chi connectivity index (χ2v) is 4.06. The van der Waals surface area contributed by atoms with Gasteiger partial charge in [0, 0.05) is 12.8 Å². The molecule has 1 aliphatic rings. The first-order valence-corrected chi connectivity index (χ1v) is 5.64. The molecule has 0 aromatic heterocycles. The molecule has 7 heteroatoms. The molecule has 1 N–H and O–H groups in total. The summed E-state index contributed by atoms with van der Waals surface area (Å²) < 4.78 is 23.1. The number of ether oxygens (including phenoxy) is 2. The van der Waals surface area contributed by atoms with E-state index in [2.05, 4.69) is 14.8 Å². The number of alkyl halides is 2. The van der Waals surface area contributed by atoms with E-state index < -0.39 is 17.1 Å². The Labute approximate surface area is 114 Å². The van der Waals surface area contributed by atoms with E-state index >= 15 is 0 Å². The fraction of sp³-hybridized carbons (Fsp3) is 0.333. The minimum Gasteiger partial charge on any atom is -0.503 e. The molecule has 0 aromatic carbocycles. The monoisotopic (exact) mass is 286 g/mol. The Morgan fingerprint density at radius 3 is 2.84 bits per heavy atom. The molecule has 0 saturated carbocycles. The summed E-state index contributed by atoms with van der Waals surface area (Å²) in [6.45, 7) is 0. The van der Waals surface area contributed by atoms with Gasteiger partial charge in [0.05, 0.1) is 7.11 Å². The Bertz CT molecular complexity index is 496. The van der Waals surface area contributed by atoms with Crippen molar-refractivity contribution < 1.29 is 18.7 Å². The van der Waals surface area contributed by atoms with Crippen molar-refractivity contribution in [1.82, 2.24) is 5.32 Å². The van der Waals surface area contributed by atoms with Gasteiger partial charge in [-0.1, -0.05) is 0 Å². The van der Waals surface area contributed by atoms with Gasteiger partial charge in [-0.2, -0.15) is 5.26 Å². The van der Waals surface area contributed by atoms with Crippen LogP contribution >= 0.6 is 11.6 Å². The lowest BCUT2D eigenvalue weighted by molar-refractivity contribution is -0.116. The van der Waals surface area contributed by atoms with Gasteiger partial charge in [-0.25, -0.2) is 4.39 Å². The molecule has 0 saturated heterocycles. The molecular weight excluding hydrogens is 275 g/mol. The van der Waals surface area contributed by atoms with Gasteiger partial charge in [-0.05, 0) is 18.2 Å². The highest BCUT2D eigenvalue weighted by molar-refractivity contribution is 6.22. The predicted octanol–water partition coefficient (Wildman–Crippen LogP) is 1.53. The molecule has 0 spiro atoms. The number of nitrogens with zero attached hydrogens (tertiary/aromatic N) is 1. The lowest BCUT2D eigenvalue weighted by atomic mass is 10.1. The van der Waals surface area contributed by atoms with E-state index in [1.165, 1.54) is 26.4 Å². The zero-order chi connectivity index (χ0) is 14.5. The van der Waals surface area contributed by atoms with Crippen molar-refractivity contribution in [1.29, 1.82) is 5.26 Å². The number of hydrogen-bond acceptors (Lipinski definition) is 4. The van der Waals surface area contributed by atoms with Gasteiger partial charge in [0.2, 0.25) is 5.85 Å². The molecule has 0 aromatic rings. The molecule has 5 nitrogen and oxygen atoms in total. The molecule has 1 aliphatic carbocycles. The quantitative estimate of drug-likeness (QED) is 0.368. The molecular formula is C12H12ClFN2O3. The molecule has 0 heterocycles. The maximum Gasteiger partial charge on any atom is 0.269 e. The smallest absolute Gasteiger partial charge is 0.269 e. The van der Waals surface area contributed by atoms with Crippen molar-refractivity contribution in [3.8, 4) is 6.07 Å². The number of nitrogens with one attached hydrogen (secondary N) is 1. The van der Waals surface area contributed by atoms with Crippen molar-refractivity contribution in [3.05, 3.63) is 35.8 Å². The minimum atomic E-state index is -2.11. The van der Waals surface area contributed by atoms with Gasteiger partial charge < -0.3 is 14.8 Å². The van der Waals surface area contributed by atoms with Gasteiger partial charge in [-0.3, -0.25) is 4.79 Å². The van der Waals surface area contributed by atoms with Crippen LogP contribution in [0.5, 0.6) is 0 Å². The summed E-state index contributed by atoms with van der Waals surface area (Å²) >= 11 is 5.79. The zero-order valence-electron chi connectivity index (χ0n) is 10.3. The van der Waals surface area contributed by atoms with Crippen molar-refractivity contribution in [3.63, 3.8) is 0 Å². The van der Waals surface area contributed by atoms with Crippen LogP contribution in [0.3, 0.4) is 0 Å². The SMILES string of the molecule is COC=C(C#N)C(=O)NC1=CC(Cl)C(F)(OC)C=C1. The number of amides is 1. The average Bonchev–Trinajstić information content (AvgIpc) is 2.40. The molecule has 2 unspecified atom stereocenters. The van der Waals surface area contributed by atoms with Gasteiger partial charge >= 0.3 is 0 Å². The Kier molecular flexibility index (Phi) is 5.10. The third-order valence-electron chi connectivity index (χ3n) is 2.36. The first-order valence-electron chi connectivity index (χ1n) is 5.20. The van der Waals surface area contributed by atoms with Crippen LogP contribution in [-0.2, 0) is 14.3 Å². The van der Waals surface area contributed by atoms with Crippen molar-refractivity contribution >= 4 is 17.5 Å². The van der Waals surface area contributed by atoms with Crippen LogP contribution in [0.4, 0.5) is 4.39 Å². The maximum absolute atomic E-state index is 13.9. The van der Waals surface area contributed by atoms with Crippen molar-refractivity contribution in [2.45, 2.75) is 11.2 Å². The third kappa shape index (κ3) is 3.56. The average molecular weight is 287 g/mol. The highest BCUT2D eigenvalue weighted by atomic mass is 35.5. The number of hydrogen-bond donors (Lipinski definition) is 1. The van der Waals surface area contributed by atoms with Gasteiger partial charge in [-0.15, -0.1) is 11.6 Å². The summed E-state index contributed by atoms with van der Waals surface area (Å²) in [4.78, 5) is 11.6. The molecule has 0 bridgehead atoms.